The first-order valence-electron chi connectivity index (χ1n) is 6.86. The normalized spacial score (nSPS) is 15.9. The Balaban J connectivity index is 1.95. The van der Waals surface area contributed by atoms with Crippen LogP contribution < -0.4 is 15.2 Å². The number of hydrogen-bond acceptors (Lipinski definition) is 3. The number of carbonyl (C=O) groups is 2. The number of carbonyl (C=O) groups excluding carboxylic acids is 2. The zero-order valence-electron chi connectivity index (χ0n) is 12.2. The van der Waals surface area contributed by atoms with E-state index in [1.54, 1.807) is 43.5 Å². The standard InChI is InChI=1S/C17H13BrN2O3/c1-23-15-5-3-2-4-11(15)10-14-16(21)19-20(17(14)22)13-8-6-12(18)7-9-13/h2-10H,1H3,(H,19,21)/b14-10-. The van der Waals surface area contributed by atoms with Crippen LogP contribution >= 0.6 is 15.9 Å². The molecule has 0 aliphatic carbocycles. The summed E-state index contributed by atoms with van der Waals surface area (Å²) in [6.07, 6.45) is 1.54. The molecule has 0 spiro atoms. The van der Waals surface area contributed by atoms with Crippen LogP contribution in [-0.2, 0) is 9.59 Å². The highest BCUT2D eigenvalue weighted by Gasteiger charge is 2.34. The summed E-state index contributed by atoms with van der Waals surface area (Å²) in [6.45, 7) is 0. The summed E-state index contributed by atoms with van der Waals surface area (Å²) in [5, 5.41) is 1.23. The average Bonchev–Trinajstić information content (AvgIpc) is 2.84. The van der Waals surface area contributed by atoms with Crippen LogP contribution in [0.25, 0.3) is 6.08 Å². The molecule has 116 valence electrons. The second-order valence-electron chi connectivity index (χ2n) is 4.86. The molecule has 0 bridgehead atoms. The molecule has 0 unspecified atom stereocenters. The Labute approximate surface area is 141 Å². The molecule has 1 aliphatic rings. The molecule has 2 aromatic carbocycles. The minimum absolute atomic E-state index is 0.0671. The molecule has 3 rings (SSSR count). The van der Waals surface area contributed by atoms with Crippen LogP contribution in [-0.4, -0.2) is 18.9 Å². The van der Waals surface area contributed by atoms with Crippen molar-refractivity contribution in [2.75, 3.05) is 12.1 Å². The maximum Gasteiger partial charge on any atom is 0.282 e. The molecule has 0 saturated carbocycles. The summed E-state index contributed by atoms with van der Waals surface area (Å²) in [7, 11) is 1.54. The van der Waals surface area contributed by atoms with E-state index in [9.17, 15) is 9.59 Å². The number of benzene rings is 2. The highest BCUT2D eigenvalue weighted by molar-refractivity contribution is 9.10. The van der Waals surface area contributed by atoms with E-state index in [-0.39, 0.29) is 5.57 Å². The van der Waals surface area contributed by atoms with Crippen molar-refractivity contribution in [3.05, 3.63) is 64.1 Å². The smallest absolute Gasteiger partial charge is 0.282 e. The number of rotatable bonds is 3. The molecule has 6 heteroatoms. The van der Waals surface area contributed by atoms with Crippen molar-refractivity contribution in [2.24, 2.45) is 0 Å². The van der Waals surface area contributed by atoms with E-state index in [1.165, 1.54) is 11.1 Å². The SMILES string of the molecule is COc1ccccc1/C=C1/C(=O)NN(c2ccc(Br)cc2)C1=O. The Morgan fingerprint density at radius 1 is 1.09 bits per heavy atom. The number of amides is 2. The number of hydrazine groups is 1. The number of para-hydroxylation sites is 1. The van der Waals surface area contributed by atoms with Gasteiger partial charge in [0.2, 0.25) is 0 Å². The van der Waals surface area contributed by atoms with Crippen molar-refractivity contribution >= 4 is 39.5 Å². The summed E-state index contributed by atoms with van der Waals surface area (Å²) in [4.78, 5) is 24.7. The van der Waals surface area contributed by atoms with Crippen LogP contribution in [0, 0.1) is 0 Å². The van der Waals surface area contributed by atoms with Gasteiger partial charge in [-0.05, 0) is 36.4 Å². The van der Waals surface area contributed by atoms with Gasteiger partial charge in [-0.25, -0.2) is 5.01 Å². The number of methoxy groups -OCH3 is 1. The van der Waals surface area contributed by atoms with E-state index in [0.29, 0.717) is 17.0 Å². The molecular formula is C17H13BrN2O3. The first-order chi connectivity index (χ1) is 11.1. The van der Waals surface area contributed by atoms with Gasteiger partial charge in [-0.2, -0.15) is 0 Å². The number of halogens is 1. The van der Waals surface area contributed by atoms with Gasteiger partial charge in [0.15, 0.2) is 0 Å². The first kappa shape index (κ1) is 15.3. The summed E-state index contributed by atoms with van der Waals surface area (Å²) in [6, 6.07) is 14.3. The summed E-state index contributed by atoms with van der Waals surface area (Å²) in [5.41, 5.74) is 3.90. The number of ether oxygens (including phenoxy) is 1. The third kappa shape index (κ3) is 2.98. The van der Waals surface area contributed by atoms with E-state index in [1.807, 2.05) is 12.1 Å². The molecule has 0 atom stereocenters. The van der Waals surface area contributed by atoms with Gasteiger partial charge in [0, 0.05) is 10.0 Å². The Hall–Kier alpha value is -2.60. The van der Waals surface area contributed by atoms with Crippen LogP contribution in [0.3, 0.4) is 0 Å². The molecule has 0 radical (unpaired) electrons. The second kappa shape index (κ2) is 6.26. The Morgan fingerprint density at radius 2 is 1.78 bits per heavy atom. The average molecular weight is 373 g/mol. The molecule has 2 aromatic rings. The van der Waals surface area contributed by atoms with Crippen molar-refractivity contribution < 1.29 is 14.3 Å². The lowest BCUT2D eigenvalue weighted by Crippen LogP contribution is -2.35. The summed E-state index contributed by atoms with van der Waals surface area (Å²) < 4.78 is 6.14. The van der Waals surface area contributed by atoms with Crippen molar-refractivity contribution in [1.82, 2.24) is 5.43 Å². The van der Waals surface area contributed by atoms with Crippen molar-refractivity contribution in [3.8, 4) is 5.75 Å². The van der Waals surface area contributed by atoms with E-state index in [0.717, 1.165) is 4.47 Å². The molecule has 5 nitrogen and oxygen atoms in total. The van der Waals surface area contributed by atoms with Gasteiger partial charge in [-0.1, -0.05) is 34.1 Å². The quantitative estimate of drug-likeness (QED) is 0.665. The molecular weight excluding hydrogens is 360 g/mol. The Morgan fingerprint density at radius 3 is 2.48 bits per heavy atom. The Bertz CT molecular complexity index is 800. The zero-order valence-corrected chi connectivity index (χ0v) is 13.8. The largest absolute Gasteiger partial charge is 0.496 e. The molecule has 1 fully saturated rings. The minimum Gasteiger partial charge on any atom is -0.496 e. The fraction of sp³-hybridized carbons (Fsp3) is 0.0588. The third-order valence-electron chi connectivity index (χ3n) is 3.42. The molecule has 1 N–H and O–H groups in total. The summed E-state index contributed by atoms with van der Waals surface area (Å²) >= 11 is 3.34. The highest BCUT2D eigenvalue weighted by Crippen LogP contribution is 2.25. The molecule has 1 aliphatic heterocycles. The van der Waals surface area contributed by atoms with E-state index >= 15 is 0 Å². The molecule has 1 heterocycles. The summed E-state index contributed by atoms with van der Waals surface area (Å²) in [5.74, 6) is -0.241. The highest BCUT2D eigenvalue weighted by atomic mass is 79.9. The molecule has 1 saturated heterocycles. The minimum atomic E-state index is -0.441. The van der Waals surface area contributed by atoms with Crippen molar-refractivity contribution in [1.29, 1.82) is 0 Å². The number of hydrogen-bond donors (Lipinski definition) is 1. The molecule has 0 aromatic heterocycles. The monoisotopic (exact) mass is 372 g/mol. The third-order valence-corrected chi connectivity index (χ3v) is 3.94. The lowest BCUT2D eigenvalue weighted by Gasteiger charge is -2.14. The van der Waals surface area contributed by atoms with Crippen molar-refractivity contribution in [3.63, 3.8) is 0 Å². The Kier molecular flexibility index (Phi) is 4.16. The van der Waals surface area contributed by atoms with E-state index in [4.69, 9.17) is 4.74 Å². The van der Waals surface area contributed by atoms with Crippen LogP contribution in [0.4, 0.5) is 5.69 Å². The maximum atomic E-state index is 12.5. The van der Waals surface area contributed by atoms with Gasteiger partial charge < -0.3 is 4.74 Å². The van der Waals surface area contributed by atoms with Crippen LogP contribution in [0.2, 0.25) is 0 Å². The predicted molar refractivity (Wildman–Crippen MR) is 90.7 cm³/mol. The number of nitrogens with one attached hydrogen (secondary N) is 1. The van der Waals surface area contributed by atoms with Gasteiger partial charge in [0.05, 0.1) is 12.8 Å². The van der Waals surface area contributed by atoms with Gasteiger partial charge >= 0.3 is 0 Å². The fourth-order valence-electron chi connectivity index (χ4n) is 2.27. The van der Waals surface area contributed by atoms with E-state index < -0.39 is 11.8 Å². The first-order valence-corrected chi connectivity index (χ1v) is 7.65. The van der Waals surface area contributed by atoms with Crippen LogP contribution in [0.15, 0.2) is 58.6 Å². The zero-order chi connectivity index (χ0) is 16.4. The van der Waals surface area contributed by atoms with Gasteiger partial charge in [-0.3, -0.25) is 15.0 Å². The molecule has 2 amide bonds. The molecule has 23 heavy (non-hydrogen) atoms. The fourth-order valence-corrected chi connectivity index (χ4v) is 2.53. The number of nitrogens with zero attached hydrogens (tertiary/aromatic N) is 1. The van der Waals surface area contributed by atoms with Crippen LogP contribution in [0.1, 0.15) is 5.56 Å². The topological polar surface area (TPSA) is 58.6 Å². The van der Waals surface area contributed by atoms with Gasteiger partial charge in [0.25, 0.3) is 11.8 Å². The lowest BCUT2D eigenvalue weighted by atomic mass is 10.1. The maximum absolute atomic E-state index is 12.5. The van der Waals surface area contributed by atoms with Gasteiger partial charge in [-0.15, -0.1) is 0 Å². The van der Waals surface area contributed by atoms with Gasteiger partial charge in [0.1, 0.15) is 11.3 Å². The van der Waals surface area contributed by atoms with Crippen LogP contribution in [0.5, 0.6) is 5.75 Å². The predicted octanol–water partition coefficient (Wildman–Crippen LogP) is 2.92. The van der Waals surface area contributed by atoms with Crippen molar-refractivity contribution in [2.45, 2.75) is 0 Å². The lowest BCUT2D eigenvalue weighted by molar-refractivity contribution is -0.117. The second-order valence-corrected chi connectivity index (χ2v) is 5.77. The number of anilines is 1. The van der Waals surface area contributed by atoms with E-state index in [2.05, 4.69) is 21.4 Å².